The van der Waals surface area contributed by atoms with E-state index in [2.05, 4.69) is 15.3 Å². The maximum atomic E-state index is 13.4. The molecule has 1 heterocycles. The molecule has 3 nitrogen and oxygen atoms in total. The largest absolute Gasteiger partial charge is 0.316 e. The molecule has 1 N–H and O–H groups in total. The van der Waals surface area contributed by atoms with Crippen molar-refractivity contribution < 1.29 is 4.39 Å². The molecule has 0 atom stereocenters. The molecule has 0 fully saturated rings. The van der Waals surface area contributed by atoms with Crippen molar-refractivity contribution in [2.45, 2.75) is 6.54 Å². The third-order valence-electron chi connectivity index (χ3n) is 2.20. The molecule has 16 heavy (non-hydrogen) atoms. The van der Waals surface area contributed by atoms with E-state index in [0.29, 0.717) is 17.9 Å². The first-order valence-corrected chi connectivity index (χ1v) is 5.01. The normalized spacial score (nSPS) is 10.4. The second kappa shape index (κ2) is 4.81. The van der Waals surface area contributed by atoms with Crippen molar-refractivity contribution in [3.63, 3.8) is 0 Å². The van der Waals surface area contributed by atoms with E-state index in [1.807, 2.05) is 7.05 Å². The minimum absolute atomic E-state index is 0.302. The monoisotopic (exact) mass is 217 g/mol. The van der Waals surface area contributed by atoms with Crippen LogP contribution in [0.3, 0.4) is 0 Å². The zero-order chi connectivity index (χ0) is 11.4. The molecule has 0 aliphatic heterocycles. The van der Waals surface area contributed by atoms with Crippen LogP contribution in [0.1, 0.15) is 5.56 Å². The zero-order valence-electron chi connectivity index (χ0n) is 8.94. The molecule has 1 aromatic carbocycles. The summed E-state index contributed by atoms with van der Waals surface area (Å²) in [6.45, 7) is 0.706. The fourth-order valence-electron chi connectivity index (χ4n) is 1.43. The van der Waals surface area contributed by atoms with Gasteiger partial charge >= 0.3 is 0 Å². The van der Waals surface area contributed by atoms with Gasteiger partial charge in [-0.1, -0.05) is 12.1 Å². The summed E-state index contributed by atoms with van der Waals surface area (Å²) in [6, 6.07) is 6.49. The topological polar surface area (TPSA) is 37.8 Å². The molecular weight excluding hydrogens is 205 g/mol. The van der Waals surface area contributed by atoms with Crippen LogP contribution in [-0.4, -0.2) is 17.0 Å². The first-order valence-electron chi connectivity index (χ1n) is 5.01. The van der Waals surface area contributed by atoms with Crippen LogP contribution in [0, 0.1) is 5.82 Å². The van der Waals surface area contributed by atoms with Crippen molar-refractivity contribution in [3.8, 4) is 11.4 Å². The SMILES string of the molecule is CNCc1cnc(-c2ccccc2F)nc1. The lowest BCUT2D eigenvalue weighted by atomic mass is 10.2. The van der Waals surface area contributed by atoms with Crippen LogP contribution in [0.15, 0.2) is 36.7 Å². The smallest absolute Gasteiger partial charge is 0.162 e. The van der Waals surface area contributed by atoms with Gasteiger partial charge in [0.15, 0.2) is 5.82 Å². The van der Waals surface area contributed by atoms with Gasteiger partial charge in [0.2, 0.25) is 0 Å². The summed E-state index contributed by atoms with van der Waals surface area (Å²) in [5.41, 5.74) is 1.40. The Balaban J connectivity index is 2.31. The van der Waals surface area contributed by atoms with E-state index in [0.717, 1.165) is 5.56 Å². The van der Waals surface area contributed by atoms with E-state index in [9.17, 15) is 4.39 Å². The Bertz CT molecular complexity index is 468. The van der Waals surface area contributed by atoms with Crippen molar-refractivity contribution >= 4 is 0 Å². The Morgan fingerprint density at radius 1 is 1.19 bits per heavy atom. The maximum absolute atomic E-state index is 13.4. The van der Waals surface area contributed by atoms with E-state index in [1.165, 1.54) is 6.07 Å². The molecule has 0 radical (unpaired) electrons. The van der Waals surface area contributed by atoms with E-state index in [4.69, 9.17) is 0 Å². The molecule has 82 valence electrons. The lowest BCUT2D eigenvalue weighted by molar-refractivity contribution is 0.630. The molecule has 2 rings (SSSR count). The van der Waals surface area contributed by atoms with Crippen LogP contribution in [0.4, 0.5) is 4.39 Å². The van der Waals surface area contributed by atoms with E-state index in [1.54, 1.807) is 30.6 Å². The van der Waals surface area contributed by atoms with E-state index < -0.39 is 0 Å². The highest BCUT2D eigenvalue weighted by atomic mass is 19.1. The summed E-state index contributed by atoms with van der Waals surface area (Å²) in [5.74, 6) is 0.113. The van der Waals surface area contributed by atoms with Crippen LogP contribution >= 0.6 is 0 Å². The summed E-state index contributed by atoms with van der Waals surface area (Å²) in [6.07, 6.45) is 3.40. The van der Waals surface area contributed by atoms with Gasteiger partial charge in [-0.05, 0) is 19.2 Å². The van der Waals surface area contributed by atoms with Gasteiger partial charge in [0.25, 0.3) is 0 Å². The lowest BCUT2D eigenvalue weighted by Crippen LogP contribution is -2.06. The Kier molecular flexibility index (Phi) is 3.22. The molecule has 0 unspecified atom stereocenters. The van der Waals surface area contributed by atoms with Crippen LogP contribution < -0.4 is 5.32 Å². The predicted octanol–water partition coefficient (Wildman–Crippen LogP) is 2.00. The molecule has 0 amide bonds. The Morgan fingerprint density at radius 3 is 2.50 bits per heavy atom. The van der Waals surface area contributed by atoms with E-state index in [-0.39, 0.29) is 5.82 Å². The van der Waals surface area contributed by atoms with E-state index >= 15 is 0 Å². The third kappa shape index (κ3) is 2.23. The number of benzene rings is 1. The second-order valence-electron chi connectivity index (χ2n) is 3.43. The molecular formula is C12H12FN3. The van der Waals surface area contributed by atoms with Gasteiger partial charge in [0.1, 0.15) is 5.82 Å². The molecule has 0 spiro atoms. The number of halogens is 1. The molecule has 0 saturated carbocycles. The average Bonchev–Trinajstić information content (AvgIpc) is 2.31. The van der Waals surface area contributed by atoms with Crippen LogP contribution in [0.5, 0.6) is 0 Å². The first-order chi connectivity index (χ1) is 7.81. The molecule has 4 heteroatoms. The number of rotatable bonds is 3. The average molecular weight is 217 g/mol. The van der Waals surface area contributed by atoms with Crippen molar-refractivity contribution in [3.05, 3.63) is 48.0 Å². The first kappa shape index (κ1) is 10.7. The standard InChI is InChI=1S/C12H12FN3/c1-14-6-9-7-15-12(16-8-9)10-4-2-3-5-11(10)13/h2-5,7-8,14H,6H2,1H3. The van der Waals surface area contributed by atoms with Crippen molar-refractivity contribution in [2.24, 2.45) is 0 Å². The fraction of sp³-hybridized carbons (Fsp3) is 0.167. The van der Waals surface area contributed by atoms with Gasteiger partial charge in [-0.3, -0.25) is 0 Å². The van der Waals surface area contributed by atoms with Crippen molar-refractivity contribution in [1.82, 2.24) is 15.3 Å². The van der Waals surface area contributed by atoms with Gasteiger partial charge in [-0.2, -0.15) is 0 Å². The number of aromatic nitrogens is 2. The third-order valence-corrected chi connectivity index (χ3v) is 2.20. The molecule has 0 aliphatic rings. The Hall–Kier alpha value is -1.81. The van der Waals surface area contributed by atoms with Gasteiger partial charge in [0.05, 0.1) is 5.56 Å². The van der Waals surface area contributed by atoms with Crippen molar-refractivity contribution in [1.29, 1.82) is 0 Å². The van der Waals surface area contributed by atoms with Gasteiger partial charge < -0.3 is 5.32 Å². The molecule has 1 aromatic heterocycles. The number of nitrogens with one attached hydrogen (secondary N) is 1. The highest BCUT2D eigenvalue weighted by Gasteiger charge is 2.06. The van der Waals surface area contributed by atoms with Crippen LogP contribution in [0.2, 0.25) is 0 Å². The number of hydrogen-bond donors (Lipinski definition) is 1. The quantitative estimate of drug-likeness (QED) is 0.854. The number of nitrogens with zero attached hydrogens (tertiary/aromatic N) is 2. The molecule has 2 aromatic rings. The Labute approximate surface area is 93.4 Å². The zero-order valence-corrected chi connectivity index (χ0v) is 8.94. The van der Waals surface area contributed by atoms with Crippen molar-refractivity contribution in [2.75, 3.05) is 7.05 Å². The predicted molar refractivity (Wildman–Crippen MR) is 60.2 cm³/mol. The number of hydrogen-bond acceptors (Lipinski definition) is 3. The maximum Gasteiger partial charge on any atom is 0.162 e. The highest BCUT2D eigenvalue weighted by molar-refractivity contribution is 5.55. The molecule has 0 aliphatic carbocycles. The highest BCUT2D eigenvalue weighted by Crippen LogP contribution is 2.17. The second-order valence-corrected chi connectivity index (χ2v) is 3.43. The summed E-state index contributed by atoms with van der Waals surface area (Å²) >= 11 is 0. The summed E-state index contributed by atoms with van der Waals surface area (Å²) in [7, 11) is 1.85. The summed E-state index contributed by atoms with van der Waals surface area (Å²) in [5, 5.41) is 3.00. The minimum atomic E-state index is -0.302. The molecule has 0 bridgehead atoms. The minimum Gasteiger partial charge on any atom is -0.316 e. The lowest BCUT2D eigenvalue weighted by Gasteiger charge is -2.03. The van der Waals surface area contributed by atoms with Gasteiger partial charge in [-0.25, -0.2) is 14.4 Å². The Morgan fingerprint density at radius 2 is 1.88 bits per heavy atom. The summed E-state index contributed by atoms with van der Waals surface area (Å²) < 4.78 is 13.4. The molecule has 0 saturated heterocycles. The van der Waals surface area contributed by atoms with Gasteiger partial charge in [0, 0.05) is 24.5 Å². The fourth-order valence-corrected chi connectivity index (χ4v) is 1.43. The van der Waals surface area contributed by atoms with Crippen LogP contribution in [0.25, 0.3) is 11.4 Å². The van der Waals surface area contributed by atoms with Gasteiger partial charge in [-0.15, -0.1) is 0 Å². The summed E-state index contributed by atoms with van der Waals surface area (Å²) in [4.78, 5) is 8.27. The van der Waals surface area contributed by atoms with Crippen LogP contribution in [-0.2, 0) is 6.54 Å².